The van der Waals surface area contributed by atoms with Gasteiger partial charge in [0.25, 0.3) is 5.91 Å². The van der Waals surface area contributed by atoms with Crippen LogP contribution >= 0.6 is 12.2 Å². The van der Waals surface area contributed by atoms with Crippen molar-refractivity contribution in [1.82, 2.24) is 10.2 Å². The van der Waals surface area contributed by atoms with Gasteiger partial charge in [0.15, 0.2) is 5.11 Å². The molecule has 0 aromatic heterocycles. The predicted octanol–water partition coefficient (Wildman–Crippen LogP) is 3.14. The van der Waals surface area contributed by atoms with Gasteiger partial charge < -0.3 is 4.90 Å². The summed E-state index contributed by atoms with van der Waals surface area (Å²) in [6.45, 7) is 2.57. The molecule has 0 aliphatic rings. The van der Waals surface area contributed by atoms with E-state index in [1.54, 1.807) is 6.07 Å². The molecule has 0 atom stereocenters. The minimum absolute atomic E-state index is 0.169. The Morgan fingerprint density at radius 1 is 1.10 bits per heavy atom. The summed E-state index contributed by atoms with van der Waals surface area (Å²) >= 11 is 5.29. The van der Waals surface area contributed by atoms with Crippen LogP contribution in [-0.2, 0) is 6.54 Å². The highest BCUT2D eigenvalue weighted by atomic mass is 32.1. The summed E-state index contributed by atoms with van der Waals surface area (Å²) < 4.78 is 0. The normalized spacial score (nSPS) is 10.0. The van der Waals surface area contributed by atoms with Gasteiger partial charge in [0, 0.05) is 19.2 Å². The van der Waals surface area contributed by atoms with E-state index in [0.717, 1.165) is 11.1 Å². The number of amides is 1. The number of carbonyl (C=O) groups is 1. The zero-order valence-electron chi connectivity index (χ0n) is 12.2. The van der Waals surface area contributed by atoms with E-state index in [1.807, 2.05) is 67.4 Å². The second kappa shape index (κ2) is 6.99. The molecular weight excluding hydrogens is 280 g/mol. The molecule has 0 spiro atoms. The third-order valence-electron chi connectivity index (χ3n) is 3.22. The summed E-state index contributed by atoms with van der Waals surface area (Å²) in [5.74, 6) is -0.169. The molecule has 0 saturated heterocycles. The van der Waals surface area contributed by atoms with Gasteiger partial charge in [0.1, 0.15) is 0 Å². The number of aryl methyl sites for hydroxylation is 1. The van der Waals surface area contributed by atoms with Gasteiger partial charge >= 0.3 is 0 Å². The Morgan fingerprint density at radius 2 is 1.71 bits per heavy atom. The summed E-state index contributed by atoms with van der Waals surface area (Å²) in [4.78, 5) is 14.1. The predicted molar refractivity (Wildman–Crippen MR) is 89.2 cm³/mol. The molecule has 0 bridgehead atoms. The lowest BCUT2D eigenvalue weighted by molar-refractivity contribution is 0.0973. The zero-order valence-corrected chi connectivity index (χ0v) is 13.0. The van der Waals surface area contributed by atoms with Gasteiger partial charge in [0.05, 0.1) is 0 Å². The van der Waals surface area contributed by atoms with Crippen molar-refractivity contribution >= 4 is 23.2 Å². The number of hydrogen-bond acceptors (Lipinski definition) is 2. The second-order valence-corrected chi connectivity index (χ2v) is 5.30. The number of nitrogens with zero attached hydrogens (tertiary/aromatic N) is 1. The first kappa shape index (κ1) is 15.2. The summed E-state index contributed by atoms with van der Waals surface area (Å²) in [7, 11) is 1.87. The highest BCUT2D eigenvalue weighted by Gasteiger charge is 2.12. The fourth-order valence-corrected chi connectivity index (χ4v) is 2.17. The first-order chi connectivity index (χ1) is 10.1. The van der Waals surface area contributed by atoms with E-state index in [2.05, 4.69) is 5.32 Å². The minimum atomic E-state index is -0.169. The van der Waals surface area contributed by atoms with E-state index in [0.29, 0.717) is 17.2 Å². The average Bonchev–Trinajstić information content (AvgIpc) is 2.48. The van der Waals surface area contributed by atoms with Crippen LogP contribution in [0, 0.1) is 6.92 Å². The van der Waals surface area contributed by atoms with E-state index in [4.69, 9.17) is 12.2 Å². The summed E-state index contributed by atoms with van der Waals surface area (Å²) in [6, 6.07) is 17.5. The van der Waals surface area contributed by atoms with Gasteiger partial charge in [-0.15, -0.1) is 0 Å². The third kappa shape index (κ3) is 4.13. The Balaban J connectivity index is 1.98. The van der Waals surface area contributed by atoms with Gasteiger partial charge in [-0.2, -0.15) is 0 Å². The molecular formula is C17H18N2OS. The number of nitrogens with one attached hydrogen (secondary N) is 1. The zero-order chi connectivity index (χ0) is 15.2. The lowest BCUT2D eigenvalue weighted by Gasteiger charge is -2.20. The van der Waals surface area contributed by atoms with E-state index >= 15 is 0 Å². The van der Waals surface area contributed by atoms with Gasteiger partial charge in [0.2, 0.25) is 0 Å². The van der Waals surface area contributed by atoms with Crippen LogP contribution in [0.15, 0.2) is 54.6 Å². The largest absolute Gasteiger partial charge is 0.348 e. The summed E-state index contributed by atoms with van der Waals surface area (Å²) in [5, 5.41) is 3.20. The van der Waals surface area contributed by atoms with Crippen LogP contribution in [0.4, 0.5) is 0 Å². The molecule has 0 aliphatic carbocycles. The lowest BCUT2D eigenvalue weighted by Crippen LogP contribution is -2.40. The second-order valence-electron chi connectivity index (χ2n) is 4.92. The highest BCUT2D eigenvalue weighted by Crippen LogP contribution is 2.07. The van der Waals surface area contributed by atoms with Crippen LogP contribution in [0.2, 0.25) is 0 Å². The first-order valence-electron chi connectivity index (χ1n) is 6.74. The Labute approximate surface area is 130 Å². The maximum atomic E-state index is 12.2. The van der Waals surface area contributed by atoms with E-state index in [-0.39, 0.29) is 5.91 Å². The van der Waals surface area contributed by atoms with Crippen LogP contribution in [0.25, 0.3) is 0 Å². The SMILES string of the molecule is Cc1ccccc1C(=O)NC(=S)N(C)Cc1ccccc1. The Bertz CT molecular complexity index is 640. The fraction of sp³-hybridized carbons (Fsp3) is 0.176. The van der Waals surface area contributed by atoms with Gasteiger partial charge in [-0.1, -0.05) is 48.5 Å². The highest BCUT2D eigenvalue weighted by molar-refractivity contribution is 7.80. The van der Waals surface area contributed by atoms with Crippen LogP contribution in [0.5, 0.6) is 0 Å². The maximum absolute atomic E-state index is 12.2. The number of hydrogen-bond donors (Lipinski definition) is 1. The smallest absolute Gasteiger partial charge is 0.257 e. The van der Waals surface area contributed by atoms with E-state index in [1.165, 1.54) is 0 Å². The number of thiocarbonyl (C=S) groups is 1. The summed E-state index contributed by atoms with van der Waals surface area (Å²) in [6.07, 6.45) is 0. The molecule has 0 radical (unpaired) electrons. The first-order valence-corrected chi connectivity index (χ1v) is 7.15. The van der Waals surface area contributed by atoms with Crippen LogP contribution in [0.3, 0.4) is 0 Å². The van der Waals surface area contributed by atoms with E-state index in [9.17, 15) is 4.79 Å². The number of benzene rings is 2. The number of carbonyl (C=O) groups excluding carboxylic acids is 1. The molecule has 0 aliphatic heterocycles. The molecule has 2 rings (SSSR count). The Morgan fingerprint density at radius 3 is 2.38 bits per heavy atom. The van der Waals surface area contributed by atoms with Crippen molar-refractivity contribution in [3.8, 4) is 0 Å². The van der Waals surface area contributed by atoms with Crippen LogP contribution < -0.4 is 5.32 Å². The number of rotatable bonds is 3. The molecule has 108 valence electrons. The average molecular weight is 298 g/mol. The van der Waals surface area contributed by atoms with Crippen molar-refractivity contribution in [3.63, 3.8) is 0 Å². The molecule has 1 N–H and O–H groups in total. The lowest BCUT2D eigenvalue weighted by atomic mass is 10.1. The minimum Gasteiger partial charge on any atom is -0.348 e. The molecule has 4 heteroatoms. The van der Waals surface area contributed by atoms with Crippen molar-refractivity contribution in [2.45, 2.75) is 13.5 Å². The molecule has 0 fully saturated rings. The fourth-order valence-electron chi connectivity index (χ4n) is 2.02. The van der Waals surface area contributed by atoms with Gasteiger partial charge in [-0.3, -0.25) is 10.1 Å². The molecule has 3 nitrogen and oxygen atoms in total. The summed E-state index contributed by atoms with van der Waals surface area (Å²) in [5.41, 5.74) is 2.73. The van der Waals surface area contributed by atoms with E-state index < -0.39 is 0 Å². The van der Waals surface area contributed by atoms with Crippen molar-refractivity contribution in [3.05, 3.63) is 71.3 Å². The molecule has 0 saturated carbocycles. The Kier molecular flexibility index (Phi) is 5.06. The standard InChI is InChI=1S/C17H18N2OS/c1-13-8-6-7-11-15(13)16(20)18-17(21)19(2)12-14-9-4-3-5-10-14/h3-11H,12H2,1-2H3,(H,18,20,21). The maximum Gasteiger partial charge on any atom is 0.257 e. The molecule has 0 unspecified atom stereocenters. The molecule has 1 amide bonds. The van der Waals surface area contributed by atoms with Crippen LogP contribution in [0.1, 0.15) is 21.5 Å². The van der Waals surface area contributed by atoms with Gasteiger partial charge in [-0.25, -0.2) is 0 Å². The molecule has 0 heterocycles. The third-order valence-corrected chi connectivity index (χ3v) is 3.63. The van der Waals surface area contributed by atoms with Crippen molar-refractivity contribution < 1.29 is 4.79 Å². The van der Waals surface area contributed by atoms with Crippen molar-refractivity contribution in [2.24, 2.45) is 0 Å². The van der Waals surface area contributed by atoms with Crippen LogP contribution in [-0.4, -0.2) is 23.0 Å². The van der Waals surface area contributed by atoms with Crippen molar-refractivity contribution in [1.29, 1.82) is 0 Å². The Hall–Kier alpha value is -2.20. The van der Waals surface area contributed by atoms with Gasteiger partial charge in [-0.05, 0) is 36.3 Å². The topological polar surface area (TPSA) is 32.3 Å². The van der Waals surface area contributed by atoms with Crippen molar-refractivity contribution in [2.75, 3.05) is 7.05 Å². The monoisotopic (exact) mass is 298 g/mol. The molecule has 2 aromatic carbocycles. The molecule has 21 heavy (non-hydrogen) atoms. The quantitative estimate of drug-likeness (QED) is 0.884. The molecule has 2 aromatic rings.